The molecule has 27 heavy (non-hydrogen) atoms. The highest BCUT2D eigenvalue weighted by Crippen LogP contribution is 2.40. The summed E-state index contributed by atoms with van der Waals surface area (Å²) in [5.74, 6) is 3.09. The molecule has 0 bridgehead atoms. The van der Waals surface area contributed by atoms with E-state index in [0.717, 1.165) is 60.3 Å². The maximum atomic E-state index is 5.69. The van der Waals surface area contributed by atoms with E-state index in [0.29, 0.717) is 0 Å². The summed E-state index contributed by atoms with van der Waals surface area (Å²) in [7, 11) is 6.69. The quantitative estimate of drug-likeness (QED) is 0.807. The molecule has 1 fully saturated rings. The van der Waals surface area contributed by atoms with Gasteiger partial charge in [-0.25, -0.2) is 0 Å². The smallest absolute Gasteiger partial charge is 0.161 e. The van der Waals surface area contributed by atoms with Crippen LogP contribution in [0.15, 0.2) is 36.4 Å². The van der Waals surface area contributed by atoms with Crippen molar-refractivity contribution in [3.05, 3.63) is 47.5 Å². The van der Waals surface area contributed by atoms with E-state index < -0.39 is 0 Å². The van der Waals surface area contributed by atoms with Crippen LogP contribution in [0.2, 0.25) is 0 Å². The Hall–Kier alpha value is -2.44. The van der Waals surface area contributed by atoms with Gasteiger partial charge in [-0.2, -0.15) is 0 Å². The molecule has 2 aromatic carbocycles. The highest BCUT2D eigenvalue weighted by Gasteiger charge is 2.28. The van der Waals surface area contributed by atoms with Gasteiger partial charge in [0.1, 0.15) is 11.5 Å². The maximum Gasteiger partial charge on any atom is 0.161 e. The molecule has 1 N–H and O–H groups in total. The van der Waals surface area contributed by atoms with E-state index in [1.54, 1.807) is 28.4 Å². The molecule has 1 aliphatic heterocycles. The Morgan fingerprint density at radius 1 is 0.778 bits per heavy atom. The lowest BCUT2D eigenvalue weighted by Gasteiger charge is -2.36. The number of hydrogen-bond acceptors (Lipinski definition) is 6. The van der Waals surface area contributed by atoms with Crippen molar-refractivity contribution in [1.29, 1.82) is 0 Å². The summed E-state index contributed by atoms with van der Waals surface area (Å²) in [5.41, 5.74) is 2.20. The summed E-state index contributed by atoms with van der Waals surface area (Å²) >= 11 is 0. The van der Waals surface area contributed by atoms with E-state index in [4.69, 9.17) is 18.9 Å². The Balaban J connectivity index is 2.12. The fraction of sp³-hybridized carbons (Fsp3) is 0.429. The molecule has 0 aromatic heterocycles. The van der Waals surface area contributed by atoms with Crippen LogP contribution in [0, 0.1) is 0 Å². The van der Waals surface area contributed by atoms with Crippen molar-refractivity contribution in [3.63, 3.8) is 0 Å². The Bertz CT molecular complexity index is 760. The van der Waals surface area contributed by atoms with Gasteiger partial charge in [0.05, 0.1) is 34.5 Å². The van der Waals surface area contributed by atoms with E-state index in [-0.39, 0.29) is 6.04 Å². The average Bonchev–Trinajstić information content (AvgIpc) is 2.74. The Morgan fingerprint density at radius 3 is 2.07 bits per heavy atom. The van der Waals surface area contributed by atoms with Gasteiger partial charge in [0, 0.05) is 31.7 Å². The van der Waals surface area contributed by atoms with Gasteiger partial charge >= 0.3 is 0 Å². The molecule has 1 unspecified atom stereocenters. The van der Waals surface area contributed by atoms with Gasteiger partial charge in [0.2, 0.25) is 0 Å². The predicted molar refractivity (Wildman–Crippen MR) is 105 cm³/mol. The third-order valence-electron chi connectivity index (χ3n) is 4.97. The lowest BCUT2D eigenvalue weighted by Crippen LogP contribution is -2.45. The van der Waals surface area contributed by atoms with Gasteiger partial charge in [0.15, 0.2) is 11.5 Å². The lowest BCUT2D eigenvalue weighted by molar-refractivity contribution is 0.194. The minimum atomic E-state index is 0.0250. The monoisotopic (exact) mass is 372 g/mol. The van der Waals surface area contributed by atoms with Crippen molar-refractivity contribution in [1.82, 2.24) is 10.2 Å². The first-order valence-electron chi connectivity index (χ1n) is 9.10. The number of ether oxygens (including phenoxy) is 4. The van der Waals surface area contributed by atoms with Gasteiger partial charge in [0.25, 0.3) is 0 Å². The first-order chi connectivity index (χ1) is 13.2. The van der Waals surface area contributed by atoms with Crippen LogP contribution in [-0.4, -0.2) is 59.5 Å². The SMILES string of the molecule is COc1ccc(OC)c(C(c2ccc(OC)c(OC)c2)N2CCNCC2)c1. The molecule has 1 atom stereocenters. The number of hydrogen-bond donors (Lipinski definition) is 1. The van der Waals surface area contributed by atoms with Crippen LogP contribution in [0.25, 0.3) is 0 Å². The van der Waals surface area contributed by atoms with E-state index >= 15 is 0 Å². The molecule has 0 spiro atoms. The summed E-state index contributed by atoms with van der Waals surface area (Å²) in [6, 6.07) is 12.1. The average molecular weight is 372 g/mol. The Labute approximate surface area is 161 Å². The normalized spacial score (nSPS) is 15.9. The number of rotatable bonds is 7. The standard InChI is InChI=1S/C21H28N2O4/c1-24-16-6-8-18(25-2)17(14-16)21(23-11-9-22-10-12-23)15-5-7-19(26-3)20(13-15)27-4/h5-8,13-14,21-22H,9-12H2,1-4H3. The Kier molecular flexibility index (Phi) is 6.42. The maximum absolute atomic E-state index is 5.69. The first kappa shape index (κ1) is 19.3. The zero-order valence-electron chi connectivity index (χ0n) is 16.5. The molecule has 3 rings (SSSR count). The fourth-order valence-electron chi connectivity index (χ4n) is 3.60. The van der Waals surface area contributed by atoms with Crippen molar-refractivity contribution in [2.45, 2.75) is 6.04 Å². The zero-order chi connectivity index (χ0) is 19.2. The van der Waals surface area contributed by atoms with Crippen LogP contribution in [-0.2, 0) is 0 Å². The van der Waals surface area contributed by atoms with Crippen LogP contribution in [0.5, 0.6) is 23.0 Å². The van der Waals surface area contributed by atoms with Crippen LogP contribution >= 0.6 is 0 Å². The fourth-order valence-corrected chi connectivity index (χ4v) is 3.60. The van der Waals surface area contributed by atoms with E-state index in [1.165, 1.54) is 0 Å². The molecule has 0 radical (unpaired) electrons. The summed E-state index contributed by atoms with van der Waals surface area (Å²) in [5, 5.41) is 3.42. The van der Waals surface area contributed by atoms with Crippen LogP contribution in [0.4, 0.5) is 0 Å². The number of nitrogens with one attached hydrogen (secondary N) is 1. The van der Waals surface area contributed by atoms with Crippen LogP contribution in [0.1, 0.15) is 17.2 Å². The van der Waals surface area contributed by atoms with Crippen molar-refractivity contribution >= 4 is 0 Å². The first-order valence-corrected chi connectivity index (χ1v) is 9.10. The molecule has 0 aliphatic carbocycles. The molecular weight excluding hydrogens is 344 g/mol. The number of nitrogens with zero attached hydrogens (tertiary/aromatic N) is 1. The second-order valence-corrected chi connectivity index (χ2v) is 6.41. The van der Waals surface area contributed by atoms with E-state index in [9.17, 15) is 0 Å². The van der Waals surface area contributed by atoms with Gasteiger partial charge < -0.3 is 24.3 Å². The summed E-state index contributed by atoms with van der Waals surface area (Å²) < 4.78 is 22.1. The van der Waals surface area contributed by atoms with Crippen LogP contribution < -0.4 is 24.3 Å². The molecule has 0 saturated carbocycles. The molecule has 146 valence electrons. The van der Waals surface area contributed by atoms with Gasteiger partial charge in [-0.3, -0.25) is 4.90 Å². The van der Waals surface area contributed by atoms with Gasteiger partial charge in [-0.05, 0) is 35.9 Å². The minimum absolute atomic E-state index is 0.0250. The largest absolute Gasteiger partial charge is 0.497 e. The van der Waals surface area contributed by atoms with Crippen LogP contribution in [0.3, 0.4) is 0 Å². The third-order valence-corrected chi connectivity index (χ3v) is 4.97. The summed E-state index contributed by atoms with van der Waals surface area (Å²) in [4.78, 5) is 2.45. The molecule has 1 aliphatic rings. The minimum Gasteiger partial charge on any atom is -0.497 e. The Morgan fingerprint density at radius 2 is 1.44 bits per heavy atom. The molecule has 2 aromatic rings. The molecule has 1 heterocycles. The number of benzene rings is 2. The molecule has 6 nitrogen and oxygen atoms in total. The summed E-state index contributed by atoms with van der Waals surface area (Å²) in [6.45, 7) is 3.80. The summed E-state index contributed by atoms with van der Waals surface area (Å²) in [6.07, 6.45) is 0. The molecule has 0 amide bonds. The highest BCUT2D eigenvalue weighted by molar-refractivity contribution is 5.50. The van der Waals surface area contributed by atoms with Gasteiger partial charge in [-0.1, -0.05) is 6.07 Å². The molecule has 1 saturated heterocycles. The second-order valence-electron chi connectivity index (χ2n) is 6.41. The number of piperazine rings is 1. The van der Waals surface area contributed by atoms with Crippen molar-refractivity contribution in [2.24, 2.45) is 0 Å². The van der Waals surface area contributed by atoms with Crippen molar-refractivity contribution in [2.75, 3.05) is 54.6 Å². The highest BCUT2D eigenvalue weighted by atomic mass is 16.5. The third kappa shape index (κ3) is 4.12. The number of methoxy groups -OCH3 is 4. The van der Waals surface area contributed by atoms with Crippen molar-refractivity contribution in [3.8, 4) is 23.0 Å². The lowest BCUT2D eigenvalue weighted by atomic mass is 9.95. The topological polar surface area (TPSA) is 52.2 Å². The van der Waals surface area contributed by atoms with Gasteiger partial charge in [-0.15, -0.1) is 0 Å². The predicted octanol–water partition coefficient (Wildman–Crippen LogP) is 2.72. The van der Waals surface area contributed by atoms with E-state index in [2.05, 4.69) is 22.3 Å². The zero-order valence-corrected chi connectivity index (χ0v) is 16.5. The second kappa shape index (κ2) is 8.97. The molecular formula is C21H28N2O4. The molecule has 6 heteroatoms. The van der Waals surface area contributed by atoms with Crippen molar-refractivity contribution < 1.29 is 18.9 Å². The van der Waals surface area contributed by atoms with E-state index in [1.807, 2.05) is 24.3 Å².